The van der Waals surface area contributed by atoms with Gasteiger partial charge >= 0.3 is 5.97 Å². The van der Waals surface area contributed by atoms with Crippen LogP contribution in [0.4, 0.5) is 0 Å². The van der Waals surface area contributed by atoms with E-state index in [2.05, 4.69) is 27.1 Å². The third kappa shape index (κ3) is 1.54. The van der Waals surface area contributed by atoms with E-state index in [9.17, 15) is 4.79 Å². The van der Waals surface area contributed by atoms with Crippen molar-refractivity contribution >= 4 is 21.9 Å². The Balaban J connectivity index is 3.07. The van der Waals surface area contributed by atoms with Gasteiger partial charge < -0.3 is 5.11 Å². The summed E-state index contributed by atoms with van der Waals surface area (Å²) >= 11 is 3.05. The maximum atomic E-state index is 10.3. The van der Waals surface area contributed by atoms with Gasteiger partial charge in [-0.3, -0.25) is 4.98 Å². The molecule has 4 heteroatoms. The Labute approximate surface area is 65.8 Å². The van der Waals surface area contributed by atoms with Crippen molar-refractivity contribution in [1.29, 1.82) is 0 Å². The van der Waals surface area contributed by atoms with Crippen LogP contribution in [0.5, 0.6) is 0 Å². The van der Waals surface area contributed by atoms with Crippen LogP contribution in [0.2, 0.25) is 0 Å². The van der Waals surface area contributed by atoms with Crippen LogP contribution in [0.3, 0.4) is 0 Å². The average Bonchev–Trinajstić information content (AvgIpc) is 1.88. The first-order valence-electron chi connectivity index (χ1n) is 2.46. The summed E-state index contributed by atoms with van der Waals surface area (Å²) in [6.45, 7) is 0. The number of rotatable bonds is 1. The van der Waals surface area contributed by atoms with E-state index in [1.54, 1.807) is 0 Å². The quantitative estimate of drug-likeness (QED) is 0.745. The lowest BCUT2D eigenvalue weighted by molar-refractivity contribution is 0.0696. The lowest BCUT2D eigenvalue weighted by Crippen LogP contribution is -1.96. The Morgan fingerprint density at radius 1 is 1.80 bits per heavy atom. The zero-order valence-corrected chi connectivity index (χ0v) is 6.42. The molecule has 0 fully saturated rings. The minimum absolute atomic E-state index is 0.158. The lowest BCUT2D eigenvalue weighted by atomic mass is 10.3. The molecule has 0 aliphatic carbocycles. The second-order valence-electron chi connectivity index (χ2n) is 1.62. The monoisotopic (exact) mass is 200 g/mol. The number of aromatic nitrogens is 1. The number of carboxylic acid groups (broad SMARTS) is 1. The molecule has 0 saturated carbocycles. The summed E-state index contributed by atoms with van der Waals surface area (Å²) in [6, 6.07) is 1.44. The third-order valence-electron chi connectivity index (χ3n) is 0.904. The highest BCUT2D eigenvalue weighted by Crippen LogP contribution is 2.08. The van der Waals surface area contributed by atoms with E-state index in [0.29, 0.717) is 4.47 Å². The first-order chi connectivity index (χ1) is 4.70. The first-order valence-corrected chi connectivity index (χ1v) is 3.26. The van der Waals surface area contributed by atoms with Gasteiger partial charge in [0.2, 0.25) is 0 Å². The van der Waals surface area contributed by atoms with Crippen LogP contribution < -0.4 is 0 Å². The maximum absolute atomic E-state index is 10.3. The summed E-state index contributed by atoms with van der Waals surface area (Å²) in [5.74, 6) is -0.984. The lowest BCUT2D eigenvalue weighted by Gasteiger charge is -1.90. The summed E-state index contributed by atoms with van der Waals surface area (Å²) in [4.78, 5) is 13.8. The van der Waals surface area contributed by atoms with Gasteiger partial charge in [-0.15, -0.1) is 0 Å². The minimum atomic E-state index is -0.984. The number of nitrogens with zero attached hydrogens (tertiary/aromatic N) is 1. The van der Waals surface area contributed by atoms with Crippen LogP contribution >= 0.6 is 15.9 Å². The van der Waals surface area contributed by atoms with Crippen molar-refractivity contribution in [3.05, 3.63) is 28.5 Å². The van der Waals surface area contributed by atoms with Crippen LogP contribution in [0.15, 0.2) is 16.7 Å². The molecule has 0 unspecified atom stereocenters. The number of aromatic carboxylic acids is 1. The van der Waals surface area contributed by atoms with Gasteiger partial charge in [0.05, 0.1) is 5.56 Å². The zero-order valence-electron chi connectivity index (χ0n) is 4.84. The van der Waals surface area contributed by atoms with E-state index in [1.165, 1.54) is 12.3 Å². The molecule has 0 bridgehead atoms. The summed E-state index contributed by atoms with van der Waals surface area (Å²) in [6.07, 6.45) is 3.77. The van der Waals surface area contributed by atoms with E-state index in [0.717, 1.165) is 0 Å². The van der Waals surface area contributed by atoms with Gasteiger partial charge in [-0.1, -0.05) is 0 Å². The normalized spacial score (nSPS) is 9.30. The molecule has 1 aromatic rings. The average molecular weight is 201 g/mol. The fraction of sp³-hybridized carbons (Fsp3) is 0. The molecule has 1 aromatic heterocycles. The molecule has 1 heterocycles. The van der Waals surface area contributed by atoms with Gasteiger partial charge in [-0.05, 0) is 22.0 Å². The van der Waals surface area contributed by atoms with Crippen LogP contribution in [-0.2, 0) is 0 Å². The van der Waals surface area contributed by atoms with Gasteiger partial charge in [-0.25, -0.2) is 4.79 Å². The SMILES string of the molecule is O=C(O)c1cn[c]c(Br)c1. The van der Waals surface area contributed by atoms with Crippen LogP contribution in [0.25, 0.3) is 0 Å². The molecule has 1 rings (SSSR count). The molecule has 0 spiro atoms. The van der Waals surface area contributed by atoms with Crippen molar-refractivity contribution in [3.8, 4) is 0 Å². The predicted octanol–water partition coefficient (Wildman–Crippen LogP) is 1.34. The second-order valence-corrected chi connectivity index (χ2v) is 2.48. The number of carbonyl (C=O) groups is 1. The number of carboxylic acids is 1. The van der Waals surface area contributed by atoms with Crippen molar-refractivity contribution < 1.29 is 9.90 Å². The van der Waals surface area contributed by atoms with Crippen molar-refractivity contribution in [2.24, 2.45) is 0 Å². The molecule has 0 saturated heterocycles. The third-order valence-corrected chi connectivity index (χ3v) is 1.31. The molecule has 1 N–H and O–H groups in total. The smallest absolute Gasteiger partial charge is 0.337 e. The molecular formula is C6H3BrNO2. The minimum Gasteiger partial charge on any atom is -0.478 e. The predicted molar refractivity (Wildman–Crippen MR) is 37.7 cm³/mol. The van der Waals surface area contributed by atoms with E-state index in [4.69, 9.17) is 5.11 Å². The Kier molecular flexibility index (Phi) is 2.01. The number of hydrogen-bond donors (Lipinski definition) is 1. The molecule has 1 radical (unpaired) electrons. The van der Waals surface area contributed by atoms with Crippen molar-refractivity contribution in [2.45, 2.75) is 0 Å². The van der Waals surface area contributed by atoms with E-state index in [-0.39, 0.29) is 5.56 Å². The topological polar surface area (TPSA) is 50.2 Å². The molecule has 0 aromatic carbocycles. The van der Waals surface area contributed by atoms with Gasteiger partial charge in [0, 0.05) is 10.7 Å². The highest BCUT2D eigenvalue weighted by atomic mass is 79.9. The van der Waals surface area contributed by atoms with Crippen LogP contribution in [-0.4, -0.2) is 16.1 Å². The molecule has 0 aliphatic rings. The van der Waals surface area contributed by atoms with Crippen molar-refractivity contribution in [1.82, 2.24) is 4.98 Å². The fourth-order valence-corrected chi connectivity index (χ4v) is 0.836. The van der Waals surface area contributed by atoms with Gasteiger partial charge in [-0.2, -0.15) is 0 Å². The summed E-state index contributed by atoms with van der Waals surface area (Å²) in [5, 5.41) is 8.43. The summed E-state index contributed by atoms with van der Waals surface area (Å²) < 4.78 is 0.549. The molecule has 0 amide bonds. The van der Waals surface area contributed by atoms with E-state index >= 15 is 0 Å². The Morgan fingerprint density at radius 2 is 2.50 bits per heavy atom. The first kappa shape index (κ1) is 7.21. The fourth-order valence-electron chi connectivity index (χ4n) is 0.487. The highest BCUT2D eigenvalue weighted by molar-refractivity contribution is 9.10. The molecule has 0 aliphatic heterocycles. The molecule has 10 heavy (non-hydrogen) atoms. The van der Waals surface area contributed by atoms with Crippen molar-refractivity contribution in [3.63, 3.8) is 0 Å². The van der Waals surface area contributed by atoms with Gasteiger partial charge in [0.15, 0.2) is 0 Å². The van der Waals surface area contributed by atoms with Gasteiger partial charge in [0.1, 0.15) is 6.20 Å². The van der Waals surface area contributed by atoms with E-state index < -0.39 is 5.97 Å². The molecule has 51 valence electrons. The second kappa shape index (κ2) is 2.79. The molecule has 3 nitrogen and oxygen atoms in total. The van der Waals surface area contributed by atoms with Crippen LogP contribution in [0, 0.1) is 6.20 Å². The van der Waals surface area contributed by atoms with Crippen LogP contribution in [0.1, 0.15) is 10.4 Å². The standard InChI is InChI=1S/C6H3BrNO2/c7-5-1-4(6(9)10)2-8-3-5/h1-2H,(H,9,10). The molecular weight excluding hydrogens is 198 g/mol. The Morgan fingerprint density at radius 3 is 2.90 bits per heavy atom. The number of hydrogen-bond acceptors (Lipinski definition) is 2. The highest BCUT2D eigenvalue weighted by Gasteiger charge is 2.01. The Hall–Kier alpha value is -0.900. The van der Waals surface area contributed by atoms with Crippen molar-refractivity contribution in [2.75, 3.05) is 0 Å². The van der Waals surface area contributed by atoms with Gasteiger partial charge in [0.25, 0.3) is 0 Å². The number of pyridine rings is 1. The summed E-state index contributed by atoms with van der Waals surface area (Å²) in [5.41, 5.74) is 0.158. The Bertz CT molecular complexity index is 262. The maximum Gasteiger partial charge on any atom is 0.337 e. The largest absolute Gasteiger partial charge is 0.478 e. The summed E-state index contributed by atoms with van der Waals surface area (Å²) in [7, 11) is 0. The zero-order chi connectivity index (χ0) is 7.56. The van der Waals surface area contributed by atoms with E-state index in [1.807, 2.05) is 0 Å². The number of halogens is 1. The molecule has 0 atom stereocenters.